The van der Waals surface area contributed by atoms with Gasteiger partial charge in [-0.2, -0.15) is 14.6 Å². The number of aryl methyl sites for hydroxylation is 2. The summed E-state index contributed by atoms with van der Waals surface area (Å²) in [6.07, 6.45) is 2.43. The standard InChI is InChI=1S/C15H20N6O/c1-3-12-4-5-13(22-12)9-16-6-7-17-14-8-11(2)20-15-18-10-19-21(14)15/h4-5,8,10,16-17H,3,6-7,9H2,1-2H3. The summed E-state index contributed by atoms with van der Waals surface area (Å²) in [5.41, 5.74) is 0.915. The zero-order chi connectivity index (χ0) is 15.4. The highest BCUT2D eigenvalue weighted by atomic mass is 16.3. The van der Waals surface area contributed by atoms with Gasteiger partial charge < -0.3 is 15.1 Å². The van der Waals surface area contributed by atoms with Gasteiger partial charge in [-0.05, 0) is 19.1 Å². The molecule has 0 bridgehead atoms. The van der Waals surface area contributed by atoms with Crippen LogP contribution in [0, 0.1) is 6.92 Å². The van der Waals surface area contributed by atoms with Crippen molar-refractivity contribution in [3.05, 3.63) is 41.7 Å². The van der Waals surface area contributed by atoms with Crippen LogP contribution in [0.4, 0.5) is 5.82 Å². The van der Waals surface area contributed by atoms with Crippen molar-refractivity contribution >= 4 is 11.6 Å². The van der Waals surface area contributed by atoms with Crippen molar-refractivity contribution < 1.29 is 4.42 Å². The van der Waals surface area contributed by atoms with Crippen LogP contribution in [0.1, 0.15) is 24.1 Å². The molecule has 3 rings (SSSR count). The van der Waals surface area contributed by atoms with Crippen molar-refractivity contribution in [3.8, 4) is 0 Å². The third-order valence-electron chi connectivity index (χ3n) is 3.35. The highest BCUT2D eigenvalue weighted by Gasteiger charge is 2.05. The number of fused-ring (bicyclic) bond motifs is 1. The molecule has 0 aliphatic rings. The van der Waals surface area contributed by atoms with Crippen LogP contribution in [-0.4, -0.2) is 32.7 Å². The van der Waals surface area contributed by atoms with E-state index in [1.54, 1.807) is 4.52 Å². The van der Waals surface area contributed by atoms with Gasteiger partial charge in [0.05, 0.1) is 6.54 Å². The Labute approximate surface area is 128 Å². The van der Waals surface area contributed by atoms with Gasteiger partial charge >= 0.3 is 0 Å². The Kier molecular flexibility index (Phi) is 4.34. The molecule has 7 nitrogen and oxygen atoms in total. The molecule has 0 saturated heterocycles. The second kappa shape index (κ2) is 6.57. The number of hydrogen-bond donors (Lipinski definition) is 2. The van der Waals surface area contributed by atoms with Crippen molar-refractivity contribution in [1.82, 2.24) is 24.9 Å². The van der Waals surface area contributed by atoms with E-state index < -0.39 is 0 Å². The lowest BCUT2D eigenvalue weighted by molar-refractivity contribution is 0.452. The molecule has 116 valence electrons. The molecule has 0 amide bonds. The summed E-state index contributed by atoms with van der Waals surface area (Å²) >= 11 is 0. The Morgan fingerprint density at radius 1 is 1.23 bits per heavy atom. The van der Waals surface area contributed by atoms with Crippen molar-refractivity contribution in [2.24, 2.45) is 0 Å². The molecule has 3 aromatic rings. The van der Waals surface area contributed by atoms with Crippen LogP contribution in [0.3, 0.4) is 0 Å². The smallest absolute Gasteiger partial charge is 0.254 e. The van der Waals surface area contributed by atoms with E-state index >= 15 is 0 Å². The maximum absolute atomic E-state index is 5.65. The molecule has 0 saturated carbocycles. The molecule has 22 heavy (non-hydrogen) atoms. The van der Waals surface area contributed by atoms with E-state index in [4.69, 9.17) is 4.42 Å². The average Bonchev–Trinajstić information content (AvgIpc) is 3.15. The molecule has 3 heterocycles. The van der Waals surface area contributed by atoms with E-state index in [-0.39, 0.29) is 0 Å². The minimum absolute atomic E-state index is 0.609. The molecular weight excluding hydrogens is 280 g/mol. The van der Waals surface area contributed by atoms with E-state index in [1.165, 1.54) is 6.33 Å². The minimum Gasteiger partial charge on any atom is -0.465 e. The highest BCUT2D eigenvalue weighted by molar-refractivity contribution is 5.44. The third kappa shape index (κ3) is 3.25. The van der Waals surface area contributed by atoms with E-state index in [0.717, 1.165) is 49.1 Å². The Morgan fingerprint density at radius 3 is 2.91 bits per heavy atom. The highest BCUT2D eigenvalue weighted by Crippen LogP contribution is 2.10. The maximum atomic E-state index is 5.65. The Bertz CT molecular complexity index is 747. The largest absolute Gasteiger partial charge is 0.465 e. The summed E-state index contributed by atoms with van der Waals surface area (Å²) in [6.45, 7) is 6.36. The van der Waals surface area contributed by atoms with Gasteiger partial charge in [0.2, 0.25) is 0 Å². The van der Waals surface area contributed by atoms with Crippen LogP contribution < -0.4 is 10.6 Å². The zero-order valence-corrected chi connectivity index (χ0v) is 12.8. The summed E-state index contributed by atoms with van der Waals surface area (Å²) in [5.74, 6) is 3.50. The number of rotatable bonds is 7. The monoisotopic (exact) mass is 300 g/mol. The Morgan fingerprint density at radius 2 is 2.09 bits per heavy atom. The van der Waals surface area contributed by atoms with Gasteiger partial charge in [0.25, 0.3) is 5.78 Å². The summed E-state index contributed by atoms with van der Waals surface area (Å²) in [7, 11) is 0. The molecule has 0 aliphatic carbocycles. The van der Waals surface area contributed by atoms with Crippen LogP contribution >= 0.6 is 0 Å². The van der Waals surface area contributed by atoms with Crippen LogP contribution in [0.2, 0.25) is 0 Å². The lowest BCUT2D eigenvalue weighted by Gasteiger charge is -2.09. The number of aromatic nitrogens is 4. The van der Waals surface area contributed by atoms with Crippen molar-refractivity contribution in [3.63, 3.8) is 0 Å². The van der Waals surface area contributed by atoms with E-state index in [2.05, 4.69) is 32.6 Å². The molecule has 0 unspecified atom stereocenters. The Balaban J connectivity index is 1.49. The van der Waals surface area contributed by atoms with Gasteiger partial charge in [-0.15, -0.1) is 0 Å². The predicted octanol–water partition coefficient (Wildman–Crippen LogP) is 1.79. The lowest BCUT2D eigenvalue weighted by atomic mass is 10.3. The first-order chi connectivity index (χ1) is 10.8. The fraction of sp³-hybridized carbons (Fsp3) is 0.400. The van der Waals surface area contributed by atoms with Gasteiger partial charge in [0.15, 0.2) is 0 Å². The molecule has 0 fully saturated rings. The van der Waals surface area contributed by atoms with E-state index in [0.29, 0.717) is 5.78 Å². The van der Waals surface area contributed by atoms with Gasteiger partial charge in [-0.1, -0.05) is 6.92 Å². The molecule has 0 aliphatic heterocycles. The Hall–Kier alpha value is -2.41. The maximum Gasteiger partial charge on any atom is 0.254 e. The molecule has 3 aromatic heterocycles. The molecule has 0 aromatic carbocycles. The number of furan rings is 1. The SMILES string of the molecule is CCc1ccc(CNCCNc2cc(C)nc3ncnn23)o1. The summed E-state index contributed by atoms with van der Waals surface area (Å²) in [4.78, 5) is 8.42. The third-order valence-corrected chi connectivity index (χ3v) is 3.35. The van der Waals surface area contributed by atoms with Crippen LogP contribution in [0.15, 0.2) is 28.9 Å². The van der Waals surface area contributed by atoms with E-state index in [9.17, 15) is 0 Å². The number of anilines is 1. The second-order valence-electron chi connectivity index (χ2n) is 5.08. The van der Waals surface area contributed by atoms with Gasteiger partial charge in [-0.3, -0.25) is 0 Å². The van der Waals surface area contributed by atoms with E-state index in [1.807, 2.05) is 25.1 Å². The van der Waals surface area contributed by atoms with Crippen LogP contribution in [0.25, 0.3) is 5.78 Å². The quantitative estimate of drug-likeness (QED) is 0.648. The first-order valence-corrected chi connectivity index (χ1v) is 7.46. The first kappa shape index (κ1) is 14.5. The predicted molar refractivity (Wildman–Crippen MR) is 83.8 cm³/mol. The lowest BCUT2D eigenvalue weighted by Crippen LogP contribution is -2.22. The fourth-order valence-electron chi connectivity index (χ4n) is 2.25. The average molecular weight is 300 g/mol. The van der Waals surface area contributed by atoms with Gasteiger partial charge in [-0.25, -0.2) is 4.98 Å². The zero-order valence-electron chi connectivity index (χ0n) is 12.8. The molecule has 0 atom stereocenters. The normalized spacial score (nSPS) is 11.2. The van der Waals surface area contributed by atoms with Crippen LogP contribution in [0.5, 0.6) is 0 Å². The van der Waals surface area contributed by atoms with Crippen LogP contribution in [-0.2, 0) is 13.0 Å². The van der Waals surface area contributed by atoms with Crippen molar-refractivity contribution in [2.75, 3.05) is 18.4 Å². The summed E-state index contributed by atoms with van der Waals surface area (Å²) in [5, 5.41) is 10.9. The first-order valence-electron chi connectivity index (χ1n) is 7.46. The summed E-state index contributed by atoms with van der Waals surface area (Å²) in [6, 6.07) is 6.00. The molecule has 0 radical (unpaired) electrons. The number of hydrogen-bond acceptors (Lipinski definition) is 6. The van der Waals surface area contributed by atoms with Gasteiger partial charge in [0, 0.05) is 31.3 Å². The van der Waals surface area contributed by atoms with Gasteiger partial charge in [0.1, 0.15) is 23.7 Å². The second-order valence-corrected chi connectivity index (χ2v) is 5.08. The number of nitrogens with one attached hydrogen (secondary N) is 2. The summed E-state index contributed by atoms with van der Waals surface area (Å²) < 4.78 is 7.35. The molecule has 7 heteroatoms. The molecule has 0 spiro atoms. The minimum atomic E-state index is 0.609. The molecular formula is C15H20N6O. The fourth-order valence-corrected chi connectivity index (χ4v) is 2.25. The topological polar surface area (TPSA) is 80.3 Å². The van der Waals surface area contributed by atoms with Crippen molar-refractivity contribution in [1.29, 1.82) is 0 Å². The number of nitrogens with zero attached hydrogens (tertiary/aromatic N) is 4. The molecule has 2 N–H and O–H groups in total. The van der Waals surface area contributed by atoms with Crippen molar-refractivity contribution in [2.45, 2.75) is 26.8 Å².